The molecule has 112 valence electrons. The molecule has 2 rings (SSSR count). The topological polar surface area (TPSA) is 15.3 Å². The third-order valence-electron chi connectivity index (χ3n) is 4.21. The molecule has 0 radical (unpaired) electrons. The van der Waals surface area contributed by atoms with Crippen molar-refractivity contribution in [2.24, 2.45) is 0 Å². The molecule has 1 aliphatic rings. The quantitative estimate of drug-likeness (QED) is 0.897. The van der Waals surface area contributed by atoms with E-state index in [0.717, 1.165) is 13.1 Å². The molecule has 0 spiro atoms. The van der Waals surface area contributed by atoms with Gasteiger partial charge in [0.05, 0.1) is 0 Å². The zero-order chi connectivity index (χ0) is 14.6. The molecule has 1 N–H and O–H groups in total. The first-order valence-corrected chi connectivity index (χ1v) is 8.09. The number of nitrogens with one attached hydrogen (secondary N) is 1. The van der Waals surface area contributed by atoms with Gasteiger partial charge in [0, 0.05) is 24.8 Å². The molecule has 0 bridgehead atoms. The van der Waals surface area contributed by atoms with Crippen molar-refractivity contribution < 1.29 is 0 Å². The maximum Gasteiger partial charge on any atom is 0.0366 e. The van der Waals surface area contributed by atoms with Crippen LogP contribution in [0.1, 0.15) is 52.5 Å². The first-order chi connectivity index (χ1) is 9.50. The molecule has 1 unspecified atom stereocenters. The van der Waals surface area contributed by atoms with E-state index in [1.165, 1.54) is 37.1 Å². The Morgan fingerprint density at radius 1 is 1.20 bits per heavy atom. The van der Waals surface area contributed by atoms with Crippen molar-refractivity contribution in [2.45, 2.75) is 58.4 Å². The fourth-order valence-electron chi connectivity index (χ4n) is 2.95. The van der Waals surface area contributed by atoms with Gasteiger partial charge in [-0.05, 0) is 42.5 Å². The minimum absolute atomic E-state index is 0.240. The maximum atomic E-state index is 3.68. The second-order valence-electron chi connectivity index (χ2n) is 7.04. The second kappa shape index (κ2) is 6.62. The van der Waals surface area contributed by atoms with Gasteiger partial charge in [0.15, 0.2) is 0 Å². The lowest BCUT2D eigenvalue weighted by molar-refractivity contribution is 0.502. The fraction of sp³-hybridized carbons (Fsp3) is 0.667. The van der Waals surface area contributed by atoms with Crippen LogP contribution < -0.4 is 10.2 Å². The second-order valence-corrected chi connectivity index (χ2v) is 7.04. The van der Waals surface area contributed by atoms with Gasteiger partial charge in [0.25, 0.3) is 0 Å². The molecule has 1 saturated heterocycles. The summed E-state index contributed by atoms with van der Waals surface area (Å²) in [5.41, 5.74) is 3.03. The predicted molar refractivity (Wildman–Crippen MR) is 88.7 cm³/mol. The highest BCUT2D eigenvalue weighted by molar-refractivity contribution is 5.49. The number of benzene rings is 1. The molecule has 1 fully saturated rings. The lowest BCUT2D eigenvalue weighted by Gasteiger charge is -2.27. The molecule has 1 atom stereocenters. The molecular weight excluding hydrogens is 244 g/mol. The van der Waals surface area contributed by atoms with Gasteiger partial charge >= 0.3 is 0 Å². The third-order valence-corrected chi connectivity index (χ3v) is 4.21. The minimum Gasteiger partial charge on any atom is -0.370 e. The van der Waals surface area contributed by atoms with Crippen LogP contribution in [0.2, 0.25) is 0 Å². The normalized spacial score (nSPS) is 20.8. The number of anilines is 1. The third kappa shape index (κ3) is 3.99. The average molecular weight is 274 g/mol. The van der Waals surface area contributed by atoms with Crippen molar-refractivity contribution in [3.05, 3.63) is 29.8 Å². The Morgan fingerprint density at radius 2 is 1.90 bits per heavy atom. The summed E-state index contributed by atoms with van der Waals surface area (Å²) in [6.07, 6.45) is 3.77. The molecule has 0 amide bonds. The van der Waals surface area contributed by atoms with Gasteiger partial charge in [0.2, 0.25) is 0 Å². The van der Waals surface area contributed by atoms with Crippen LogP contribution in [0.5, 0.6) is 0 Å². The lowest BCUT2D eigenvalue weighted by Crippen LogP contribution is -2.37. The van der Waals surface area contributed by atoms with Crippen LogP contribution in [0.3, 0.4) is 0 Å². The number of hydrogen-bond donors (Lipinski definition) is 1. The number of hydrogen-bond acceptors (Lipinski definition) is 2. The van der Waals surface area contributed by atoms with Gasteiger partial charge < -0.3 is 10.2 Å². The monoisotopic (exact) mass is 274 g/mol. The van der Waals surface area contributed by atoms with Crippen molar-refractivity contribution in [3.63, 3.8) is 0 Å². The summed E-state index contributed by atoms with van der Waals surface area (Å²) in [6.45, 7) is 12.6. The van der Waals surface area contributed by atoms with E-state index in [9.17, 15) is 0 Å². The molecule has 20 heavy (non-hydrogen) atoms. The van der Waals surface area contributed by atoms with Gasteiger partial charge in [-0.2, -0.15) is 0 Å². The van der Waals surface area contributed by atoms with Gasteiger partial charge in [-0.25, -0.2) is 0 Å². The van der Waals surface area contributed by atoms with Crippen LogP contribution in [0.4, 0.5) is 5.69 Å². The van der Waals surface area contributed by atoms with E-state index in [0.29, 0.717) is 6.04 Å². The van der Waals surface area contributed by atoms with Crippen LogP contribution in [0, 0.1) is 0 Å². The summed E-state index contributed by atoms with van der Waals surface area (Å²) in [5.74, 6) is 0. The van der Waals surface area contributed by atoms with E-state index in [1.54, 1.807) is 0 Å². The molecular formula is C18H30N2. The highest BCUT2D eigenvalue weighted by atomic mass is 15.2. The highest BCUT2D eigenvalue weighted by Gasteiger charge is 2.18. The van der Waals surface area contributed by atoms with Crippen molar-refractivity contribution in [2.75, 3.05) is 24.5 Å². The smallest absolute Gasteiger partial charge is 0.0366 e. The Bertz CT molecular complexity index is 402. The van der Waals surface area contributed by atoms with E-state index in [-0.39, 0.29) is 5.41 Å². The van der Waals surface area contributed by atoms with Crippen molar-refractivity contribution in [1.29, 1.82) is 0 Å². The summed E-state index contributed by atoms with van der Waals surface area (Å²) in [5, 5.41) is 3.68. The van der Waals surface area contributed by atoms with Gasteiger partial charge in [-0.15, -0.1) is 0 Å². The molecule has 0 aliphatic carbocycles. The van der Waals surface area contributed by atoms with Crippen molar-refractivity contribution >= 4 is 5.69 Å². The zero-order valence-electron chi connectivity index (χ0n) is 13.6. The largest absolute Gasteiger partial charge is 0.370 e. The zero-order valence-corrected chi connectivity index (χ0v) is 13.6. The summed E-state index contributed by atoms with van der Waals surface area (Å²) < 4.78 is 0. The van der Waals surface area contributed by atoms with E-state index >= 15 is 0 Å². The molecule has 2 nitrogen and oxygen atoms in total. The van der Waals surface area contributed by atoms with Gasteiger partial charge in [-0.3, -0.25) is 0 Å². The van der Waals surface area contributed by atoms with Gasteiger partial charge in [0.1, 0.15) is 0 Å². The van der Waals surface area contributed by atoms with Crippen LogP contribution >= 0.6 is 0 Å². The Balaban J connectivity index is 2.09. The maximum absolute atomic E-state index is 3.68. The summed E-state index contributed by atoms with van der Waals surface area (Å²) in [4.78, 5) is 2.55. The van der Waals surface area contributed by atoms with Crippen LogP contribution in [-0.2, 0) is 5.41 Å². The van der Waals surface area contributed by atoms with Crippen LogP contribution in [-0.4, -0.2) is 25.7 Å². The van der Waals surface area contributed by atoms with E-state index in [1.807, 2.05) is 0 Å². The molecule has 1 aliphatic heterocycles. The molecule has 0 saturated carbocycles. The SMILES string of the molecule is CCCC1CN(c2ccc(C(C)(C)C)cc2)CCCN1. The molecule has 1 heterocycles. The predicted octanol–water partition coefficient (Wildman–Crippen LogP) is 3.95. The summed E-state index contributed by atoms with van der Waals surface area (Å²) in [6, 6.07) is 9.83. The summed E-state index contributed by atoms with van der Waals surface area (Å²) >= 11 is 0. The lowest BCUT2D eigenvalue weighted by atomic mass is 9.87. The molecule has 1 aromatic carbocycles. The Hall–Kier alpha value is -1.02. The van der Waals surface area contributed by atoms with Gasteiger partial charge in [-0.1, -0.05) is 46.2 Å². The van der Waals surface area contributed by atoms with Crippen molar-refractivity contribution in [1.82, 2.24) is 5.32 Å². The molecule has 1 aromatic rings. The number of nitrogens with zero attached hydrogens (tertiary/aromatic N) is 1. The molecule has 0 aromatic heterocycles. The molecule has 2 heteroatoms. The highest BCUT2D eigenvalue weighted by Crippen LogP contribution is 2.25. The Labute approximate surface area is 124 Å². The number of rotatable bonds is 3. The van der Waals surface area contributed by atoms with E-state index < -0.39 is 0 Å². The fourth-order valence-corrected chi connectivity index (χ4v) is 2.95. The Kier molecular flexibility index (Phi) is 5.09. The average Bonchev–Trinajstić information content (AvgIpc) is 2.64. The van der Waals surface area contributed by atoms with Crippen LogP contribution in [0.15, 0.2) is 24.3 Å². The standard InChI is InChI=1S/C18H30N2/c1-5-7-16-14-20(13-6-12-19-16)17-10-8-15(9-11-17)18(2,3)4/h8-11,16,19H,5-7,12-14H2,1-4H3. The summed E-state index contributed by atoms with van der Waals surface area (Å²) in [7, 11) is 0. The first-order valence-electron chi connectivity index (χ1n) is 8.09. The van der Waals surface area contributed by atoms with E-state index in [2.05, 4.69) is 62.2 Å². The Morgan fingerprint density at radius 3 is 2.50 bits per heavy atom. The van der Waals surface area contributed by atoms with E-state index in [4.69, 9.17) is 0 Å². The van der Waals surface area contributed by atoms with Crippen LogP contribution in [0.25, 0.3) is 0 Å². The first kappa shape index (κ1) is 15.4. The van der Waals surface area contributed by atoms with Crippen molar-refractivity contribution in [3.8, 4) is 0 Å². The minimum atomic E-state index is 0.240.